The first-order chi connectivity index (χ1) is 9.08. The highest BCUT2D eigenvalue weighted by Gasteiger charge is 2.10. The predicted octanol–water partition coefficient (Wildman–Crippen LogP) is 3.14. The molecule has 98 valence electrons. The number of hydrogen-bond donors (Lipinski definition) is 1. The predicted molar refractivity (Wildman–Crippen MR) is 75.1 cm³/mol. The molecule has 3 nitrogen and oxygen atoms in total. The van der Waals surface area contributed by atoms with Crippen molar-refractivity contribution in [1.29, 1.82) is 0 Å². The molecule has 0 aliphatic rings. The number of amides is 1. The fourth-order valence-corrected chi connectivity index (χ4v) is 1.69. The van der Waals surface area contributed by atoms with E-state index in [9.17, 15) is 9.18 Å². The molecule has 1 N–H and O–H groups in total. The summed E-state index contributed by atoms with van der Waals surface area (Å²) >= 11 is 0. The molecule has 1 amide bonds. The molecular formula is C15H15FN2O. The summed E-state index contributed by atoms with van der Waals surface area (Å²) in [5, 5.41) is 2.67. The standard InChI is InChI=1S/C15H15FN2O/c1-18(2)12-9-7-11(8-10-12)17-15(19)13-5-3-4-6-14(13)16/h3-10H,1-2H3,(H,17,19). The summed E-state index contributed by atoms with van der Waals surface area (Å²) in [7, 11) is 3.87. The number of nitrogens with one attached hydrogen (secondary N) is 1. The third-order valence-electron chi connectivity index (χ3n) is 2.76. The Bertz CT molecular complexity index is 579. The Kier molecular flexibility index (Phi) is 3.80. The van der Waals surface area contributed by atoms with Crippen molar-refractivity contribution in [1.82, 2.24) is 0 Å². The minimum Gasteiger partial charge on any atom is -0.378 e. The van der Waals surface area contributed by atoms with Gasteiger partial charge in [0.2, 0.25) is 0 Å². The molecule has 0 saturated heterocycles. The maximum Gasteiger partial charge on any atom is 0.258 e. The van der Waals surface area contributed by atoms with Crippen molar-refractivity contribution in [2.45, 2.75) is 0 Å². The first-order valence-corrected chi connectivity index (χ1v) is 5.91. The Morgan fingerprint density at radius 3 is 2.26 bits per heavy atom. The minimum absolute atomic E-state index is 0.0409. The van der Waals surface area contributed by atoms with Crippen LogP contribution in [-0.4, -0.2) is 20.0 Å². The minimum atomic E-state index is -0.523. The van der Waals surface area contributed by atoms with Crippen molar-refractivity contribution in [3.8, 4) is 0 Å². The summed E-state index contributed by atoms with van der Waals surface area (Å²) in [5.41, 5.74) is 1.71. The third-order valence-corrected chi connectivity index (χ3v) is 2.76. The van der Waals surface area contributed by atoms with E-state index in [1.807, 2.05) is 31.1 Å². The van der Waals surface area contributed by atoms with Gasteiger partial charge in [-0.2, -0.15) is 0 Å². The fourth-order valence-electron chi connectivity index (χ4n) is 1.69. The van der Waals surface area contributed by atoms with Gasteiger partial charge in [0, 0.05) is 25.5 Å². The van der Waals surface area contributed by atoms with Crippen molar-refractivity contribution < 1.29 is 9.18 Å². The van der Waals surface area contributed by atoms with Crippen molar-refractivity contribution in [3.05, 3.63) is 59.9 Å². The molecule has 0 aliphatic heterocycles. The Morgan fingerprint density at radius 1 is 1.05 bits per heavy atom. The largest absolute Gasteiger partial charge is 0.378 e. The molecule has 2 rings (SSSR count). The molecule has 4 heteroatoms. The van der Waals surface area contributed by atoms with Gasteiger partial charge in [-0.3, -0.25) is 4.79 Å². The van der Waals surface area contributed by atoms with Crippen molar-refractivity contribution >= 4 is 17.3 Å². The fraction of sp³-hybridized carbons (Fsp3) is 0.133. The van der Waals surface area contributed by atoms with E-state index in [0.29, 0.717) is 5.69 Å². The van der Waals surface area contributed by atoms with Crippen LogP contribution < -0.4 is 10.2 Å². The first kappa shape index (κ1) is 13.1. The highest BCUT2D eigenvalue weighted by atomic mass is 19.1. The highest BCUT2D eigenvalue weighted by Crippen LogP contribution is 2.17. The molecule has 0 heterocycles. The van der Waals surface area contributed by atoms with Crippen LogP contribution in [0.5, 0.6) is 0 Å². The molecule has 0 saturated carbocycles. The zero-order valence-corrected chi connectivity index (χ0v) is 10.9. The molecule has 19 heavy (non-hydrogen) atoms. The van der Waals surface area contributed by atoms with E-state index in [2.05, 4.69) is 5.32 Å². The average molecular weight is 258 g/mol. The van der Waals surface area contributed by atoms with Crippen LogP contribution in [-0.2, 0) is 0 Å². The Morgan fingerprint density at radius 2 is 1.68 bits per heavy atom. The second-order valence-corrected chi connectivity index (χ2v) is 4.38. The molecule has 0 aliphatic carbocycles. The van der Waals surface area contributed by atoms with Gasteiger partial charge in [-0.1, -0.05) is 12.1 Å². The van der Waals surface area contributed by atoms with Crippen molar-refractivity contribution in [3.63, 3.8) is 0 Å². The van der Waals surface area contributed by atoms with Gasteiger partial charge in [0.15, 0.2) is 0 Å². The lowest BCUT2D eigenvalue weighted by atomic mass is 10.2. The van der Waals surface area contributed by atoms with E-state index in [4.69, 9.17) is 0 Å². The third kappa shape index (κ3) is 3.10. The molecule has 0 bridgehead atoms. The number of halogens is 1. The van der Waals surface area contributed by atoms with E-state index in [1.165, 1.54) is 12.1 Å². The zero-order chi connectivity index (χ0) is 13.8. The molecule has 0 fully saturated rings. The smallest absolute Gasteiger partial charge is 0.258 e. The Balaban J connectivity index is 2.13. The van der Waals surface area contributed by atoms with E-state index < -0.39 is 11.7 Å². The van der Waals surface area contributed by atoms with Gasteiger partial charge in [0.05, 0.1) is 5.56 Å². The van der Waals surface area contributed by atoms with Gasteiger partial charge in [0.1, 0.15) is 5.82 Å². The van der Waals surface area contributed by atoms with Crippen LogP contribution in [0.25, 0.3) is 0 Å². The zero-order valence-electron chi connectivity index (χ0n) is 10.9. The van der Waals surface area contributed by atoms with E-state index in [1.54, 1.807) is 24.3 Å². The number of carbonyl (C=O) groups excluding carboxylic acids is 1. The average Bonchev–Trinajstić information content (AvgIpc) is 2.39. The van der Waals surface area contributed by atoms with Gasteiger partial charge in [-0.05, 0) is 36.4 Å². The molecular weight excluding hydrogens is 243 g/mol. The summed E-state index contributed by atoms with van der Waals surface area (Å²) in [6.45, 7) is 0. The monoisotopic (exact) mass is 258 g/mol. The highest BCUT2D eigenvalue weighted by molar-refractivity contribution is 6.04. The van der Waals surface area contributed by atoms with E-state index in [0.717, 1.165) is 5.69 Å². The second kappa shape index (κ2) is 5.52. The molecule has 2 aromatic rings. The van der Waals surface area contributed by atoms with Crippen LogP contribution in [0.2, 0.25) is 0 Å². The number of anilines is 2. The molecule has 0 atom stereocenters. The topological polar surface area (TPSA) is 32.3 Å². The van der Waals surface area contributed by atoms with Crippen LogP contribution in [0.4, 0.5) is 15.8 Å². The van der Waals surface area contributed by atoms with Crippen LogP contribution >= 0.6 is 0 Å². The normalized spacial score (nSPS) is 10.1. The number of nitrogens with zero attached hydrogens (tertiary/aromatic N) is 1. The quantitative estimate of drug-likeness (QED) is 0.917. The van der Waals surface area contributed by atoms with Crippen LogP contribution in [0, 0.1) is 5.82 Å². The Labute approximate surface area is 111 Å². The Hall–Kier alpha value is -2.36. The van der Waals surface area contributed by atoms with Gasteiger partial charge in [0.25, 0.3) is 5.91 Å². The molecule has 0 radical (unpaired) electrons. The maximum atomic E-state index is 13.4. The molecule has 0 aromatic heterocycles. The second-order valence-electron chi connectivity index (χ2n) is 4.38. The summed E-state index contributed by atoms with van der Waals surface area (Å²) in [6, 6.07) is 13.3. The number of carbonyl (C=O) groups is 1. The van der Waals surface area contributed by atoms with Gasteiger partial charge in [-0.25, -0.2) is 4.39 Å². The number of hydrogen-bond acceptors (Lipinski definition) is 2. The summed E-state index contributed by atoms with van der Waals surface area (Å²) < 4.78 is 13.4. The first-order valence-electron chi connectivity index (χ1n) is 5.91. The van der Waals surface area contributed by atoms with Gasteiger partial charge >= 0.3 is 0 Å². The molecule has 0 unspecified atom stereocenters. The van der Waals surface area contributed by atoms with E-state index in [-0.39, 0.29) is 5.56 Å². The summed E-state index contributed by atoms with van der Waals surface area (Å²) in [5.74, 6) is -0.972. The van der Waals surface area contributed by atoms with Crippen LogP contribution in [0.3, 0.4) is 0 Å². The summed E-state index contributed by atoms with van der Waals surface area (Å²) in [6.07, 6.45) is 0. The number of rotatable bonds is 3. The SMILES string of the molecule is CN(C)c1ccc(NC(=O)c2ccccc2F)cc1. The van der Waals surface area contributed by atoms with Crippen LogP contribution in [0.15, 0.2) is 48.5 Å². The lowest BCUT2D eigenvalue weighted by Gasteiger charge is -2.13. The molecule has 0 spiro atoms. The maximum absolute atomic E-state index is 13.4. The number of benzene rings is 2. The van der Waals surface area contributed by atoms with Crippen molar-refractivity contribution in [2.75, 3.05) is 24.3 Å². The van der Waals surface area contributed by atoms with Crippen LogP contribution in [0.1, 0.15) is 10.4 Å². The lowest BCUT2D eigenvalue weighted by Crippen LogP contribution is -2.14. The van der Waals surface area contributed by atoms with Gasteiger partial charge in [-0.15, -0.1) is 0 Å². The lowest BCUT2D eigenvalue weighted by molar-refractivity contribution is 0.102. The molecule has 2 aromatic carbocycles. The van der Waals surface area contributed by atoms with Crippen molar-refractivity contribution in [2.24, 2.45) is 0 Å². The summed E-state index contributed by atoms with van der Waals surface area (Å²) in [4.78, 5) is 13.9. The van der Waals surface area contributed by atoms with E-state index >= 15 is 0 Å². The van der Waals surface area contributed by atoms with Gasteiger partial charge < -0.3 is 10.2 Å².